The van der Waals surface area contributed by atoms with Crippen molar-refractivity contribution in [2.75, 3.05) is 0 Å². The molecular formula is C13H16O. The first-order valence-corrected chi connectivity index (χ1v) is 4.67. The molecule has 0 aliphatic carbocycles. The molecule has 1 rings (SSSR count). The molecule has 0 unspecified atom stereocenters. The maximum Gasteiger partial charge on any atom is 0.177 e. The number of furan rings is 1. The number of hydrogen-bond donors (Lipinski definition) is 0. The Labute approximate surface area is 85.4 Å². The standard InChI is InChI=1S/C11H10O.C2H6/c1-4-7-11-9(5-2)8-10(6-3)12-11;1-2/h3-5,7-8H,1H2,2H3;1-2H3/b9-5-,11-7+;. The minimum Gasteiger partial charge on any atom is -0.448 e. The molecule has 0 N–H and O–H groups in total. The van der Waals surface area contributed by atoms with E-state index in [2.05, 4.69) is 12.5 Å². The van der Waals surface area contributed by atoms with Crippen LogP contribution in [0, 0.1) is 12.3 Å². The molecular weight excluding hydrogens is 172 g/mol. The van der Waals surface area contributed by atoms with Crippen molar-refractivity contribution in [1.82, 2.24) is 0 Å². The van der Waals surface area contributed by atoms with Crippen LogP contribution in [0.1, 0.15) is 26.5 Å². The molecule has 1 heterocycles. The molecule has 1 heteroatoms. The van der Waals surface area contributed by atoms with Gasteiger partial charge < -0.3 is 4.42 Å². The highest BCUT2D eigenvalue weighted by atomic mass is 16.3. The van der Waals surface area contributed by atoms with Crippen LogP contribution in [0.25, 0.3) is 12.2 Å². The van der Waals surface area contributed by atoms with Crippen molar-refractivity contribution in [2.24, 2.45) is 0 Å². The van der Waals surface area contributed by atoms with E-state index >= 15 is 0 Å². The van der Waals surface area contributed by atoms with E-state index in [0.29, 0.717) is 5.76 Å². The molecule has 1 nitrogen and oxygen atoms in total. The van der Waals surface area contributed by atoms with Crippen LogP contribution in [0.4, 0.5) is 0 Å². The first kappa shape index (κ1) is 12.3. The molecule has 1 aromatic heterocycles. The van der Waals surface area contributed by atoms with Gasteiger partial charge in [-0.1, -0.05) is 32.6 Å². The summed E-state index contributed by atoms with van der Waals surface area (Å²) in [5, 5.41) is 1.00. The Hall–Kier alpha value is -1.68. The van der Waals surface area contributed by atoms with Gasteiger partial charge in [-0.2, -0.15) is 0 Å². The minimum atomic E-state index is 0.552. The molecule has 0 radical (unpaired) electrons. The lowest BCUT2D eigenvalue weighted by molar-refractivity contribution is 0.520. The Morgan fingerprint density at radius 3 is 2.57 bits per heavy atom. The summed E-state index contributed by atoms with van der Waals surface area (Å²) in [6.45, 7) is 9.52. The van der Waals surface area contributed by atoms with Gasteiger partial charge in [0.25, 0.3) is 0 Å². The quantitative estimate of drug-likeness (QED) is 0.615. The first-order chi connectivity index (χ1) is 6.81. The molecule has 0 aliphatic heterocycles. The fraction of sp³-hybridized carbons (Fsp3) is 0.231. The summed E-state index contributed by atoms with van der Waals surface area (Å²) in [6.07, 6.45) is 10.6. The fourth-order valence-electron chi connectivity index (χ4n) is 0.953. The van der Waals surface area contributed by atoms with Gasteiger partial charge in [-0.25, -0.2) is 0 Å². The van der Waals surface area contributed by atoms with Gasteiger partial charge in [0.1, 0.15) is 5.42 Å². The van der Waals surface area contributed by atoms with Gasteiger partial charge >= 0.3 is 0 Å². The van der Waals surface area contributed by atoms with E-state index in [-0.39, 0.29) is 0 Å². The van der Waals surface area contributed by atoms with Gasteiger partial charge in [0.05, 0.1) is 0 Å². The minimum absolute atomic E-state index is 0.552. The third-order valence-electron chi connectivity index (χ3n) is 1.51. The zero-order valence-electron chi connectivity index (χ0n) is 9.00. The van der Waals surface area contributed by atoms with Crippen LogP contribution in [0.3, 0.4) is 0 Å². The Morgan fingerprint density at radius 2 is 2.14 bits per heavy atom. The van der Waals surface area contributed by atoms with Crippen molar-refractivity contribution in [2.45, 2.75) is 20.8 Å². The number of hydrogen-bond acceptors (Lipinski definition) is 1. The summed E-state index contributed by atoms with van der Waals surface area (Å²) >= 11 is 0. The highest BCUT2D eigenvalue weighted by molar-refractivity contribution is 5.37. The predicted molar refractivity (Wildman–Crippen MR) is 62.0 cm³/mol. The maximum atomic E-state index is 5.30. The second kappa shape index (κ2) is 6.80. The largest absolute Gasteiger partial charge is 0.448 e. The van der Waals surface area contributed by atoms with E-state index in [1.54, 1.807) is 12.2 Å². The van der Waals surface area contributed by atoms with Crippen LogP contribution in [0.5, 0.6) is 0 Å². The summed E-state index contributed by atoms with van der Waals surface area (Å²) in [4.78, 5) is 0. The molecule has 0 aromatic carbocycles. The Kier molecular flexibility index (Phi) is 5.98. The predicted octanol–water partition coefficient (Wildman–Crippen LogP) is 2.05. The average Bonchev–Trinajstić information content (AvgIpc) is 2.64. The topological polar surface area (TPSA) is 13.1 Å². The SMILES string of the molecule is C#Cc1cc(=C/C)/c(=C\C=C)o1.CC. The van der Waals surface area contributed by atoms with E-state index in [1.165, 1.54) is 0 Å². The van der Waals surface area contributed by atoms with E-state index < -0.39 is 0 Å². The molecule has 0 aliphatic rings. The molecule has 0 saturated heterocycles. The van der Waals surface area contributed by atoms with E-state index in [0.717, 1.165) is 10.6 Å². The zero-order chi connectivity index (χ0) is 11.0. The van der Waals surface area contributed by atoms with E-state index in [9.17, 15) is 0 Å². The van der Waals surface area contributed by atoms with Crippen molar-refractivity contribution < 1.29 is 4.42 Å². The molecule has 0 spiro atoms. The van der Waals surface area contributed by atoms with Crippen molar-refractivity contribution >= 4 is 12.2 Å². The van der Waals surface area contributed by atoms with Crippen LogP contribution in [-0.2, 0) is 0 Å². The summed E-state index contributed by atoms with van der Waals surface area (Å²) < 4.78 is 5.30. The van der Waals surface area contributed by atoms with Crippen molar-refractivity contribution in [3.05, 3.63) is 35.1 Å². The molecule has 0 fully saturated rings. The number of allylic oxidation sites excluding steroid dienone is 1. The first-order valence-electron chi connectivity index (χ1n) is 4.67. The highest BCUT2D eigenvalue weighted by Crippen LogP contribution is 1.86. The zero-order valence-corrected chi connectivity index (χ0v) is 9.00. The lowest BCUT2D eigenvalue weighted by atomic mass is 10.3. The molecule has 0 bridgehead atoms. The third-order valence-corrected chi connectivity index (χ3v) is 1.51. The van der Waals surface area contributed by atoms with Gasteiger partial charge in [-0.3, -0.25) is 0 Å². The van der Waals surface area contributed by atoms with Gasteiger partial charge in [0, 0.05) is 11.3 Å². The van der Waals surface area contributed by atoms with Crippen LogP contribution < -0.4 is 10.6 Å². The lowest BCUT2D eigenvalue weighted by Gasteiger charge is -1.75. The molecule has 0 atom stereocenters. The second-order valence-electron chi connectivity index (χ2n) is 2.27. The van der Waals surface area contributed by atoms with Crippen LogP contribution in [0.2, 0.25) is 0 Å². The van der Waals surface area contributed by atoms with Crippen molar-refractivity contribution in [1.29, 1.82) is 0 Å². The molecule has 0 saturated carbocycles. The summed E-state index contributed by atoms with van der Waals surface area (Å²) in [7, 11) is 0. The fourth-order valence-corrected chi connectivity index (χ4v) is 0.953. The number of rotatable bonds is 1. The van der Waals surface area contributed by atoms with E-state index in [1.807, 2.05) is 32.9 Å². The highest BCUT2D eigenvalue weighted by Gasteiger charge is 1.92. The third kappa shape index (κ3) is 2.99. The number of terminal acetylenes is 1. The molecule has 0 amide bonds. The summed E-state index contributed by atoms with van der Waals surface area (Å²) in [5.41, 5.74) is 0.764. The lowest BCUT2D eigenvalue weighted by Crippen LogP contribution is -2.17. The maximum absolute atomic E-state index is 5.30. The summed E-state index contributed by atoms with van der Waals surface area (Å²) in [6, 6.07) is 1.83. The normalized spacial score (nSPS) is 11.6. The summed E-state index contributed by atoms with van der Waals surface area (Å²) in [5.74, 6) is 2.99. The second-order valence-corrected chi connectivity index (χ2v) is 2.27. The van der Waals surface area contributed by atoms with Crippen LogP contribution in [0.15, 0.2) is 23.1 Å². The van der Waals surface area contributed by atoms with Crippen molar-refractivity contribution in [3.8, 4) is 12.3 Å². The van der Waals surface area contributed by atoms with Gasteiger partial charge in [-0.15, -0.1) is 6.42 Å². The van der Waals surface area contributed by atoms with Crippen LogP contribution in [-0.4, -0.2) is 0 Å². The van der Waals surface area contributed by atoms with Gasteiger partial charge in [0.15, 0.2) is 5.76 Å². The average molecular weight is 188 g/mol. The molecule has 74 valence electrons. The monoisotopic (exact) mass is 188 g/mol. The Bertz CT molecular complexity index is 427. The van der Waals surface area contributed by atoms with E-state index in [4.69, 9.17) is 10.8 Å². The van der Waals surface area contributed by atoms with Gasteiger partial charge in [0.2, 0.25) is 0 Å². The Morgan fingerprint density at radius 1 is 1.50 bits per heavy atom. The van der Waals surface area contributed by atoms with Gasteiger partial charge in [-0.05, 0) is 18.9 Å². The smallest absolute Gasteiger partial charge is 0.177 e. The van der Waals surface area contributed by atoms with Crippen LogP contribution >= 0.6 is 0 Å². The molecule has 1 aromatic rings. The molecule has 14 heavy (non-hydrogen) atoms. The van der Waals surface area contributed by atoms with Crippen molar-refractivity contribution in [3.63, 3.8) is 0 Å². The Balaban J connectivity index is 0.000000791.